The third-order valence-electron chi connectivity index (χ3n) is 2.48. The molecule has 0 aliphatic rings. The Kier molecular flexibility index (Phi) is 3.66. The zero-order chi connectivity index (χ0) is 13.9. The lowest BCUT2D eigenvalue weighted by Gasteiger charge is -2.14. The molecule has 0 radical (unpaired) electrons. The number of aromatic nitrogens is 2. The van der Waals surface area contributed by atoms with Crippen LogP contribution >= 0.6 is 0 Å². The van der Waals surface area contributed by atoms with Gasteiger partial charge in [-0.25, -0.2) is 8.78 Å². The molecule has 1 aromatic heterocycles. The van der Waals surface area contributed by atoms with Crippen LogP contribution in [0.25, 0.3) is 11.0 Å². The lowest BCUT2D eigenvalue weighted by molar-refractivity contribution is -0.0461. The molecule has 2 N–H and O–H groups in total. The first-order valence-corrected chi connectivity index (χ1v) is 5.50. The number of rotatable bonds is 4. The molecule has 0 aliphatic carbocycles. The number of carbonyl (C=O) groups is 1. The van der Waals surface area contributed by atoms with Crippen LogP contribution in [0.5, 0.6) is 0 Å². The van der Waals surface area contributed by atoms with E-state index in [2.05, 4.69) is 15.3 Å². The first-order chi connectivity index (χ1) is 9.03. The molecule has 5 nitrogen and oxygen atoms in total. The highest BCUT2D eigenvalue weighted by molar-refractivity contribution is 6.04. The summed E-state index contributed by atoms with van der Waals surface area (Å²) < 4.78 is 25.7. The molecule has 0 unspecified atom stereocenters. The SMILES string of the molecule is O=C(NCC(F)(F)CO)c1cccc2nccnc12. The summed E-state index contributed by atoms with van der Waals surface area (Å²) in [5, 5.41) is 10.5. The Morgan fingerprint density at radius 2 is 2.05 bits per heavy atom. The highest BCUT2D eigenvalue weighted by Gasteiger charge is 2.28. The number of hydrogen-bond donors (Lipinski definition) is 2. The van der Waals surface area contributed by atoms with Gasteiger partial charge in [-0.3, -0.25) is 14.8 Å². The quantitative estimate of drug-likeness (QED) is 0.866. The summed E-state index contributed by atoms with van der Waals surface area (Å²) in [6, 6.07) is 4.74. The number of carbonyl (C=O) groups excluding carboxylic acids is 1. The van der Waals surface area contributed by atoms with Crippen LogP contribution in [0.4, 0.5) is 8.78 Å². The highest BCUT2D eigenvalue weighted by atomic mass is 19.3. The van der Waals surface area contributed by atoms with Crippen LogP contribution in [-0.2, 0) is 0 Å². The number of aliphatic hydroxyl groups excluding tert-OH is 1. The second-order valence-electron chi connectivity index (χ2n) is 3.93. The molecule has 2 rings (SSSR count). The predicted molar refractivity (Wildman–Crippen MR) is 63.9 cm³/mol. The van der Waals surface area contributed by atoms with Crippen LogP contribution in [-0.4, -0.2) is 40.1 Å². The van der Waals surface area contributed by atoms with Gasteiger partial charge in [-0.15, -0.1) is 0 Å². The number of alkyl halides is 2. The van der Waals surface area contributed by atoms with Crippen molar-refractivity contribution in [2.24, 2.45) is 0 Å². The van der Waals surface area contributed by atoms with Gasteiger partial charge in [0.15, 0.2) is 0 Å². The smallest absolute Gasteiger partial charge is 0.287 e. The van der Waals surface area contributed by atoms with E-state index in [1.165, 1.54) is 18.5 Å². The summed E-state index contributed by atoms with van der Waals surface area (Å²) in [6.07, 6.45) is 2.89. The van der Waals surface area contributed by atoms with Gasteiger partial charge in [0.25, 0.3) is 11.8 Å². The van der Waals surface area contributed by atoms with Crippen LogP contribution in [0.1, 0.15) is 10.4 Å². The fraction of sp³-hybridized carbons (Fsp3) is 0.250. The second kappa shape index (κ2) is 5.23. The van der Waals surface area contributed by atoms with E-state index in [0.29, 0.717) is 11.0 Å². The van der Waals surface area contributed by atoms with Crippen LogP contribution < -0.4 is 5.32 Å². The number of nitrogens with one attached hydrogen (secondary N) is 1. The van der Waals surface area contributed by atoms with E-state index in [0.717, 1.165) is 0 Å². The summed E-state index contributed by atoms with van der Waals surface area (Å²) >= 11 is 0. The Balaban J connectivity index is 2.23. The number of benzene rings is 1. The molecule has 0 aliphatic heterocycles. The van der Waals surface area contributed by atoms with Crippen molar-refractivity contribution in [3.8, 4) is 0 Å². The molecule has 0 bridgehead atoms. The molecule has 1 amide bonds. The lowest BCUT2D eigenvalue weighted by atomic mass is 10.1. The van der Waals surface area contributed by atoms with Crippen LogP contribution in [0.3, 0.4) is 0 Å². The van der Waals surface area contributed by atoms with Gasteiger partial charge in [0.1, 0.15) is 12.1 Å². The van der Waals surface area contributed by atoms with E-state index in [9.17, 15) is 13.6 Å². The zero-order valence-electron chi connectivity index (χ0n) is 9.81. The van der Waals surface area contributed by atoms with Gasteiger partial charge in [0.05, 0.1) is 17.6 Å². The maximum absolute atomic E-state index is 12.9. The third kappa shape index (κ3) is 3.00. The summed E-state index contributed by atoms with van der Waals surface area (Å²) in [4.78, 5) is 19.9. The molecule has 0 saturated heterocycles. The van der Waals surface area contributed by atoms with Crippen molar-refractivity contribution in [3.05, 3.63) is 36.2 Å². The first-order valence-electron chi connectivity index (χ1n) is 5.50. The summed E-state index contributed by atoms with van der Waals surface area (Å²) in [5.41, 5.74) is 1.01. The van der Waals surface area contributed by atoms with Crippen molar-refractivity contribution in [3.63, 3.8) is 0 Å². The molecular formula is C12H11F2N3O2. The van der Waals surface area contributed by atoms with Crippen molar-refractivity contribution >= 4 is 16.9 Å². The Morgan fingerprint density at radius 3 is 2.79 bits per heavy atom. The van der Waals surface area contributed by atoms with Crippen molar-refractivity contribution < 1.29 is 18.7 Å². The van der Waals surface area contributed by atoms with Gasteiger partial charge in [-0.05, 0) is 12.1 Å². The maximum atomic E-state index is 12.9. The fourth-order valence-electron chi connectivity index (χ4n) is 1.54. The summed E-state index contributed by atoms with van der Waals surface area (Å²) in [5.74, 6) is -4.02. The molecule has 0 fully saturated rings. The Bertz CT molecular complexity index is 599. The largest absolute Gasteiger partial charge is 0.390 e. The lowest BCUT2D eigenvalue weighted by Crippen LogP contribution is -2.39. The number of amides is 1. The highest BCUT2D eigenvalue weighted by Crippen LogP contribution is 2.15. The number of halogens is 2. The fourth-order valence-corrected chi connectivity index (χ4v) is 1.54. The van der Waals surface area contributed by atoms with Crippen molar-refractivity contribution in [2.75, 3.05) is 13.2 Å². The number of aliphatic hydroxyl groups is 1. The van der Waals surface area contributed by atoms with E-state index in [4.69, 9.17) is 5.11 Å². The number of hydrogen-bond acceptors (Lipinski definition) is 4. The van der Waals surface area contributed by atoms with Gasteiger partial charge in [-0.2, -0.15) is 0 Å². The van der Waals surface area contributed by atoms with Crippen LogP contribution in [0.15, 0.2) is 30.6 Å². The monoisotopic (exact) mass is 267 g/mol. The average Bonchev–Trinajstić information content (AvgIpc) is 2.44. The van der Waals surface area contributed by atoms with Gasteiger partial charge in [0, 0.05) is 12.4 Å². The molecule has 2 aromatic rings. The molecule has 100 valence electrons. The minimum atomic E-state index is -3.34. The Hall–Kier alpha value is -2.15. The van der Waals surface area contributed by atoms with E-state index >= 15 is 0 Å². The van der Waals surface area contributed by atoms with Crippen LogP contribution in [0, 0.1) is 0 Å². The van der Waals surface area contributed by atoms with Crippen molar-refractivity contribution in [1.82, 2.24) is 15.3 Å². The maximum Gasteiger partial charge on any atom is 0.287 e. The minimum absolute atomic E-state index is 0.166. The molecule has 0 spiro atoms. The van der Waals surface area contributed by atoms with Gasteiger partial charge < -0.3 is 10.4 Å². The molecule has 1 aromatic carbocycles. The predicted octanol–water partition coefficient (Wildman–Crippen LogP) is 0.987. The number of nitrogens with zero attached hydrogens (tertiary/aromatic N) is 2. The minimum Gasteiger partial charge on any atom is -0.390 e. The second-order valence-corrected chi connectivity index (χ2v) is 3.93. The normalized spacial score (nSPS) is 11.5. The summed E-state index contributed by atoms with van der Waals surface area (Å²) in [6.45, 7) is -2.25. The van der Waals surface area contributed by atoms with E-state index < -0.39 is 25.0 Å². The zero-order valence-corrected chi connectivity index (χ0v) is 9.81. The molecule has 19 heavy (non-hydrogen) atoms. The van der Waals surface area contributed by atoms with E-state index in [1.54, 1.807) is 12.1 Å². The molecule has 0 atom stereocenters. The topological polar surface area (TPSA) is 75.1 Å². The van der Waals surface area contributed by atoms with Gasteiger partial charge >= 0.3 is 0 Å². The first kappa shape index (κ1) is 13.3. The number of fused-ring (bicyclic) bond motifs is 1. The molecular weight excluding hydrogens is 256 g/mol. The standard InChI is InChI=1S/C12H11F2N3O2/c13-12(14,7-18)6-17-11(19)8-2-1-3-9-10(8)16-5-4-15-9/h1-5,18H,6-7H2,(H,17,19). The van der Waals surface area contributed by atoms with Crippen molar-refractivity contribution in [2.45, 2.75) is 5.92 Å². The Morgan fingerprint density at radius 1 is 1.32 bits per heavy atom. The average molecular weight is 267 g/mol. The summed E-state index contributed by atoms with van der Waals surface area (Å²) in [7, 11) is 0. The van der Waals surface area contributed by atoms with Crippen LogP contribution in [0.2, 0.25) is 0 Å². The molecule has 7 heteroatoms. The van der Waals surface area contributed by atoms with E-state index in [-0.39, 0.29) is 5.56 Å². The third-order valence-corrected chi connectivity index (χ3v) is 2.48. The number of para-hydroxylation sites is 1. The molecule has 0 saturated carbocycles. The van der Waals surface area contributed by atoms with Gasteiger partial charge in [-0.1, -0.05) is 6.07 Å². The van der Waals surface area contributed by atoms with Gasteiger partial charge in [0.2, 0.25) is 0 Å². The molecule has 1 heterocycles. The van der Waals surface area contributed by atoms with E-state index in [1.807, 2.05) is 0 Å². The van der Waals surface area contributed by atoms with Crippen molar-refractivity contribution in [1.29, 1.82) is 0 Å². The Labute approximate surface area is 107 Å².